The molecule has 1 heterocycles. The van der Waals surface area contributed by atoms with Crippen LogP contribution in [0.25, 0.3) is 0 Å². The number of methoxy groups -OCH3 is 1. The first-order valence-corrected chi connectivity index (χ1v) is 6.81. The van der Waals surface area contributed by atoms with Crippen LogP contribution in [-0.2, 0) is 4.74 Å². The molecule has 17 heavy (non-hydrogen) atoms. The smallest absolute Gasteiger partial charge is 0.0949 e. The molecule has 0 radical (unpaired) electrons. The standard InChI is InChI=1S/C13H25N3O/c1-17-12-6-2-5-11(8-12)16-7-3-4-10(9-16)13(14)15/h10-12H,2-9H2,1H3,(H3,14,15). The van der Waals surface area contributed by atoms with Crippen molar-refractivity contribution >= 4 is 5.84 Å². The minimum absolute atomic E-state index is 0.284. The Morgan fingerprint density at radius 1 is 1.29 bits per heavy atom. The Balaban J connectivity index is 1.90. The molecule has 2 fully saturated rings. The van der Waals surface area contributed by atoms with Gasteiger partial charge in [-0.25, -0.2) is 0 Å². The Labute approximate surface area is 104 Å². The molecule has 98 valence electrons. The lowest BCUT2D eigenvalue weighted by molar-refractivity contribution is 0.0192. The molecule has 3 atom stereocenters. The minimum Gasteiger partial charge on any atom is -0.387 e. The summed E-state index contributed by atoms with van der Waals surface area (Å²) in [5.41, 5.74) is 5.64. The van der Waals surface area contributed by atoms with Crippen molar-refractivity contribution in [2.75, 3.05) is 20.2 Å². The maximum Gasteiger partial charge on any atom is 0.0949 e. The summed E-state index contributed by atoms with van der Waals surface area (Å²) in [4.78, 5) is 2.54. The molecular weight excluding hydrogens is 214 g/mol. The highest BCUT2D eigenvalue weighted by Gasteiger charge is 2.30. The third kappa shape index (κ3) is 3.19. The Kier molecular flexibility index (Phi) is 4.40. The van der Waals surface area contributed by atoms with Crippen LogP contribution in [-0.4, -0.2) is 43.1 Å². The van der Waals surface area contributed by atoms with Crippen molar-refractivity contribution in [2.45, 2.75) is 50.7 Å². The van der Waals surface area contributed by atoms with E-state index in [-0.39, 0.29) is 5.92 Å². The number of rotatable bonds is 3. The summed E-state index contributed by atoms with van der Waals surface area (Å²) >= 11 is 0. The number of ether oxygens (including phenoxy) is 1. The average Bonchev–Trinajstić information content (AvgIpc) is 2.39. The van der Waals surface area contributed by atoms with Gasteiger partial charge >= 0.3 is 0 Å². The summed E-state index contributed by atoms with van der Waals surface area (Å²) in [5, 5.41) is 7.59. The monoisotopic (exact) mass is 239 g/mol. The maximum atomic E-state index is 7.59. The maximum absolute atomic E-state index is 7.59. The van der Waals surface area contributed by atoms with Crippen LogP contribution in [0.15, 0.2) is 0 Å². The Hall–Kier alpha value is -0.610. The lowest BCUT2D eigenvalue weighted by Gasteiger charge is -2.41. The SMILES string of the molecule is COC1CCCC(N2CCCC(C(=N)N)C2)C1. The molecular formula is C13H25N3O. The highest BCUT2D eigenvalue weighted by molar-refractivity contribution is 5.79. The summed E-state index contributed by atoms with van der Waals surface area (Å²) in [6.07, 6.45) is 7.61. The molecule has 1 saturated carbocycles. The van der Waals surface area contributed by atoms with Gasteiger partial charge in [0.15, 0.2) is 0 Å². The van der Waals surface area contributed by atoms with E-state index in [2.05, 4.69) is 4.90 Å². The van der Waals surface area contributed by atoms with E-state index in [1.165, 1.54) is 32.2 Å². The van der Waals surface area contributed by atoms with Gasteiger partial charge < -0.3 is 10.5 Å². The minimum atomic E-state index is 0.284. The van der Waals surface area contributed by atoms with Crippen molar-refractivity contribution < 1.29 is 4.74 Å². The second kappa shape index (κ2) is 5.83. The molecule has 0 aromatic heterocycles. The van der Waals surface area contributed by atoms with Crippen LogP contribution in [0.1, 0.15) is 38.5 Å². The van der Waals surface area contributed by atoms with Crippen LogP contribution in [0.5, 0.6) is 0 Å². The van der Waals surface area contributed by atoms with Crippen molar-refractivity contribution in [1.29, 1.82) is 5.41 Å². The first-order chi connectivity index (χ1) is 8.20. The van der Waals surface area contributed by atoms with Gasteiger partial charge in [0.2, 0.25) is 0 Å². The lowest BCUT2D eigenvalue weighted by atomic mass is 9.88. The van der Waals surface area contributed by atoms with Crippen LogP contribution in [0.4, 0.5) is 0 Å². The molecule has 3 N–H and O–H groups in total. The van der Waals surface area contributed by atoms with Gasteiger partial charge in [0, 0.05) is 25.6 Å². The van der Waals surface area contributed by atoms with Crippen molar-refractivity contribution in [2.24, 2.45) is 11.7 Å². The predicted molar refractivity (Wildman–Crippen MR) is 69.3 cm³/mol. The molecule has 0 spiro atoms. The van der Waals surface area contributed by atoms with Gasteiger partial charge in [-0.2, -0.15) is 0 Å². The van der Waals surface area contributed by atoms with Crippen molar-refractivity contribution in [3.8, 4) is 0 Å². The molecule has 0 aromatic rings. The van der Waals surface area contributed by atoms with Crippen LogP contribution in [0, 0.1) is 11.3 Å². The number of piperidine rings is 1. The molecule has 0 amide bonds. The number of hydrogen-bond acceptors (Lipinski definition) is 3. The van der Waals surface area contributed by atoms with E-state index in [9.17, 15) is 0 Å². The van der Waals surface area contributed by atoms with E-state index >= 15 is 0 Å². The average molecular weight is 239 g/mol. The molecule has 4 nitrogen and oxygen atoms in total. The Morgan fingerprint density at radius 3 is 2.82 bits per heavy atom. The van der Waals surface area contributed by atoms with Gasteiger partial charge in [-0.1, -0.05) is 0 Å². The number of hydrogen-bond donors (Lipinski definition) is 2. The number of nitrogens with one attached hydrogen (secondary N) is 1. The fraction of sp³-hybridized carbons (Fsp3) is 0.923. The number of amidine groups is 1. The number of nitrogens with zero attached hydrogens (tertiary/aromatic N) is 1. The fourth-order valence-corrected chi connectivity index (χ4v) is 3.26. The quantitative estimate of drug-likeness (QED) is 0.581. The largest absolute Gasteiger partial charge is 0.387 e. The zero-order valence-electron chi connectivity index (χ0n) is 10.8. The van der Waals surface area contributed by atoms with Crippen molar-refractivity contribution in [1.82, 2.24) is 4.90 Å². The molecule has 1 saturated heterocycles. The second-order valence-corrected chi connectivity index (χ2v) is 5.47. The molecule has 3 unspecified atom stereocenters. The van der Waals surface area contributed by atoms with Crippen LogP contribution < -0.4 is 5.73 Å². The zero-order valence-corrected chi connectivity index (χ0v) is 10.8. The van der Waals surface area contributed by atoms with Crippen LogP contribution in [0.2, 0.25) is 0 Å². The first kappa shape index (κ1) is 12.8. The van der Waals surface area contributed by atoms with Gasteiger partial charge in [-0.05, 0) is 45.1 Å². The van der Waals surface area contributed by atoms with E-state index < -0.39 is 0 Å². The van der Waals surface area contributed by atoms with Gasteiger partial charge in [0.05, 0.1) is 11.9 Å². The molecule has 4 heteroatoms. The topological polar surface area (TPSA) is 62.3 Å². The highest BCUT2D eigenvalue weighted by Crippen LogP contribution is 2.28. The van der Waals surface area contributed by atoms with E-state index in [0.717, 1.165) is 19.4 Å². The lowest BCUT2D eigenvalue weighted by Crippen LogP contribution is -2.48. The summed E-state index contributed by atoms with van der Waals surface area (Å²) in [5.74, 6) is 0.653. The van der Waals surface area contributed by atoms with E-state index in [4.69, 9.17) is 15.9 Å². The second-order valence-electron chi connectivity index (χ2n) is 5.47. The van der Waals surface area contributed by atoms with Gasteiger partial charge in [0.1, 0.15) is 0 Å². The summed E-state index contributed by atoms with van der Waals surface area (Å²) in [7, 11) is 1.82. The summed E-state index contributed by atoms with van der Waals surface area (Å²) in [6.45, 7) is 2.15. The normalized spacial score (nSPS) is 35.7. The Morgan fingerprint density at radius 2 is 2.12 bits per heavy atom. The molecule has 2 aliphatic rings. The van der Waals surface area contributed by atoms with Crippen molar-refractivity contribution in [3.05, 3.63) is 0 Å². The van der Waals surface area contributed by atoms with E-state index in [1.807, 2.05) is 7.11 Å². The van der Waals surface area contributed by atoms with Gasteiger partial charge in [-0.15, -0.1) is 0 Å². The van der Waals surface area contributed by atoms with E-state index in [0.29, 0.717) is 18.0 Å². The highest BCUT2D eigenvalue weighted by atomic mass is 16.5. The van der Waals surface area contributed by atoms with Gasteiger partial charge in [0.25, 0.3) is 0 Å². The Bertz CT molecular complexity index is 269. The van der Waals surface area contributed by atoms with Crippen molar-refractivity contribution in [3.63, 3.8) is 0 Å². The number of nitrogens with two attached hydrogens (primary N) is 1. The molecule has 0 bridgehead atoms. The molecule has 1 aliphatic heterocycles. The molecule has 1 aliphatic carbocycles. The van der Waals surface area contributed by atoms with Crippen LogP contribution >= 0.6 is 0 Å². The fourth-order valence-electron chi connectivity index (χ4n) is 3.26. The van der Waals surface area contributed by atoms with E-state index in [1.54, 1.807) is 0 Å². The molecule has 0 aromatic carbocycles. The summed E-state index contributed by atoms with van der Waals surface area (Å²) in [6, 6.07) is 0.649. The third-order valence-corrected chi connectivity index (χ3v) is 4.34. The third-order valence-electron chi connectivity index (χ3n) is 4.34. The van der Waals surface area contributed by atoms with Gasteiger partial charge in [-0.3, -0.25) is 10.3 Å². The zero-order chi connectivity index (χ0) is 12.3. The number of likely N-dealkylation sites (tertiary alicyclic amines) is 1. The van der Waals surface area contributed by atoms with Crippen LogP contribution in [0.3, 0.4) is 0 Å². The predicted octanol–water partition coefficient (Wildman–Crippen LogP) is 1.59. The molecule has 2 rings (SSSR count). The first-order valence-electron chi connectivity index (χ1n) is 6.81. The summed E-state index contributed by atoms with van der Waals surface area (Å²) < 4.78 is 5.49.